The lowest BCUT2D eigenvalue weighted by Crippen LogP contribution is -2.19. The Hall–Kier alpha value is -1.95. The number of nitrogens with one attached hydrogen (secondary N) is 1. The van der Waals surface area contributed by atoms with Crippen molar-refractivity contribution in [3.63, 3.8) is 0 Å². The highest BCUT2D eigenvalue weighted by molar-refractivity contribution is 7.99. The number of hydrogen-bond donors (Lipinski definition) is 1. The van der Waals surface area contributed by atoms with Gasteiger partial charge in [0.25, 0.3) is 0 Å². The Bertz CT molecular complexity index is 515. The van der Waals surface area contributed by atoms with Crippen molar-refractivity contribution >= 4 is 17.7 Å². The highest BCUT2D eigenvalue weighted by Crippen LogP contribution is 2.18. The summed E-state index contributed by atoms with van der Waals surface area (Å²) in [6.45, 7) is 0. The van der Waals surface area contributed by atoms with Crippen LogP contribution in [-0.2, 0) is 4.79 Å². The van der Waals surface area contributed by atoms with Crippen molar-refractivity contribution in [3.8, 4) is 11.3 Å². The molecule has 18 heavy (non-hydrogen) atoms. The van der Waals surface area contributed by atoms with Crippen LogP contribution in [0.2, 0.25) is 0 Å². The highest BCUT2D eigenvalue weighted by Gasteiger charge is 2.03. The molecule has 0 atom stereocenters. The number of rotatable bonds is 4. The van der Waals surface area contributed by atoms with Crippen LogP contribution < -0.4 is 5.32 Å². The van der Waals surface area contributed by atoms with Gasteiger partial charge in [-0.05, 0) is 24.3 Å². The summed E-state index contributed by atoms with van der Waals surface area (Å²) < 4.78 is 0. The van der Waals surface area contributed by atoms with Gasteiger partial charge in [-0.15, -0.1) is 10.2 Å². The average molecular weight is 260 g/mol. The van der Waals surface area contributed by atoms with E-state index < -0.39 is 0 Å². The normalized spacial score (nSPS) is 10.1. The van der Waals surface area contributed by atoms with Crippen LogP contribution in [0.1, 0.15) is 0 Å². The summed E-state index contributed by atoms with van der Waals surface area (Å²) >= 11 is 1.36. The van der Waals surface area contributed by atoms with Crippen LogP contribution >= 0.6 is 11.8 Å². The first-order chi connectivity index (χ1) is 8.79. The summed E-state index contributed by atoms with van der Waals surface area (Å²) in [4.78, 5) is 15.0. The van der Waals surface area contributed by atoms with Crippen molar-refractivity contribution in [2.45, 2.75) is 5.03 Å². The monoisotopic (exact) mass is 260 g/mol. The Labute approximate surface area is 109 Å². The SMILES string of the molecule is CNC(=O)CSc1ccc(-c2ccncc2)nn1. The van der Waals surface area contributed by atoms with Crippen molar-refractivity contribution in [1.82, 2.24) is 20.5 Å². The summed E-state index contributed by atoms with van der Waals surface area (Å²) in [6.07, 6.45) is 3.43. The third-order valence-corrected chi connectivity index (χ3v) is 3.17. The van der Waals surface area contributed by atoms with Crippen LogP contribution in [-0.4, -0.2) is 33.9 Å². The molecule has 0 saturated heterocycles. The van der Waals surface area contributed by atoms with E-state index >= 15 is 0 Å². The van der Waals surface area contributed by atoms with Gasteiger partial charge in [-0.1, -0.05) is 11.8 Å². The molecule has 0 aromatic carbocycles. The van der Waals surface area contributed by atoms with E-state index in [1.54, 1.807) is 19.4 Å². The Morgan fingerprint density at radius 1 is 1.22 bits per heavy atom. The molecule has 0 aliphatic carbocycles. The van der Waals surface area contributed by atoms with E-state index in [4.69, 9.17) is 0 Å². The Morgan fingerprint density at radius 3 is 2.61 bits per heavy atom. The minimum Gasteiger partial charge on any atom is -0.358 e. The number of pyridine rings is 1. The largest absolute Gasteiger partial charge is 0.358 e. The van der Waals surface area contributed by atoms with Crippen molar-refractivity contribution in [2.75, 3.05) is 12.8 Å². The molecule has 1 N–H and O–H groups in total. The zero-order valence-electron chi connectivity index (χ0n) is 9.83. The average Bonchev–Trinajstić information content (AvgIpc) is 2.46. The Kier molecular flexibility index (Phi) is 4.25. The molecular weight excluding hydrogens is 248 g/mol. The van der Waals surface area contributed by atoms with Crippen LogP contribution in [0.3, 0.4) is 0 Å². The molecule has 6 heteroatoms. The maximum atomic E-state index is 11.1. The van der Waals surface area contributed by atoms with Gasteiger partial charge in [-0.2, -0.15) is 0 Å². The zero-order valence-corrected chi connectivity index (χ0v) is 10.6. The van der Waals surface area contributed by atoms with Gasteiger partial charge in [0.1, 0.15) is 5.03 Å². The van der Waals surface area contributed by atoms with Gasteiger partial charge >= 0.3 is 0 Å². The molecule has 2 rings (SSSR count). The van der Waals surface area contributed by atoms with Gasteiger partial charge in [-0.25, -0.2) is 0 Å². The molecule has 0 aliphatic heterocycles. The molecule has 0 fully saturated rings. The molecule has 0 aliphatic rings. The first kappa shape index (κ1) is 12.5. The molecule has 92 valence electrons. The van der Waals surface area contributed by atoms with Crippen LogP contribution in [0, 0.1) is 0 Å². The van der Waals surface area contributed by atoms with E-state index in [2.05, 4.69) is 20.5 Å². The van der Waals surface area contributed by atoms with Crippen molar-refractivity contribution in [2.24, 2.45) is 0 Å². The van der Waals surface area contributed by atoms with Crippen LogP contribution in [0.5, 0.6) is 0 Å². The van der Waals surface area contributed by atoms with Gasteiger partial charge in [0.05, 0.1) is 11.4 Å². The first-order valence-corrected chi connectivity index (χ1v) is 6.35. The third kappa shape index (κ3) is 3.27. The second-order valence-corrected chi connectivity index (χ2v) is 4.45. The van der Waals surface area contributed by atoms with Crippen LogP contribution in [0.25, 0.3) is 11.3 Å². The van der Waals surface area contributed by atoms with Crippen LogP contribution in [0.15, 0.2) is 41.7 Å². The summed E-state index contributed by atoms with van der Waals surface area (Å²) in [5.74, 6) is 0.319. The summed E-state index contributed by atoms with van der Waals surface area (Å²) in [5.41, 5.74) is 1.77. The smallest absolute Gasteiger partial charge is 0.230 e. The fourth-order valence-electron chi connectivity index (χ4n) is 1.29. The third-order valence-electron chi connectivity index (χ3n) is 2.25. The Morgan fingerprint density at radius 2 is 2.00 bits per heavy atom. The van der Waals surface area contributed by atoms with E-state index in [0.29, 0.717) is 5.75 Å². The van der Waals surface area contributed by atoms with E-state index in [0.717, 1.165) is 16.3 Å². The second kappa shape index (κ2) is 6.11. The lowest BCUT2D eigenvalue weighted by molar-refractivity contribution is -0.118. The van der Waals surface area contributed by atoms with Crippen molar-refractivity contribution in [3.05, 3.63) is 36.7 Å². The molecule has 2 aromatic rings. The number of amides is 1. The highest BCUT2D eigenvalue weighted by atomic mass is 32.2. The molecule has 0 saturated carbocycles. The molecular formula is C12H12N4OS. The standard InChI is InChI=1S/C12H12N4OS/c1-13-11(17)8-18-12-3-2-10(15-16-12)9-4-6-14-7-5-9/h2-7H,8H2,1H3,(H,13,17). The van der Waals surface area contributed by atoms with Crippen LogP contribution in [0.4, 0.5) is 0 Å². The topological polar surface area (TPSA) is 67.8 Å². The maximum absolute atomic E-state index is 11.1. The molecule has 5 nitrogen and oxygen atoms in total. The number of nitrogens with zero attached hydrogens (tertiary/aromatic N) is 3. The fourth-order valence-corrected chi connectivity index (χ4v) is 1.97. The van der Waals surface area contributed by atoms with Crippen molar-refractivity contribution in [1.29, 1.82) is 0 Å². The number of carbonyl (C=O) groups excluding carboxylic acids is 1. The number of carbonyl (C=O) groups is 1. The minimum atomic E-state index is -0.0278. The molecule has 0 unspecified atom stereocenters. The predicted molar refractivity (Wildman–Crippen MR) is 70.1 cm³/mol. The molecule has 2 aromatic heterocycles. The number of thioether (sulfide) groups is 1. The molecule has 0 radical (unpaired) electrons. The van der Waals surface area contributed by atoms with E-state index in [1.807, 2.05) is 24.3 Å². The first-order valence-electron chi connectivity index (χ1n) is 5.37. The quantitative estimate of drug-likeness (QED) is 0.841. The minimum absolute atomic E-state index is 0.0278. The second-order valence-electron chi connectivity index (χ2n) is 3.45. The van der Waals surface area contributed by atoms with Gasteiger partial charge in [0.2, 0.25) is 5.91 Å². The van der Waals surface area contributed by atoms with E-state index in [9.17, 15) is 4.79 Å². The molecule has 0 spiro atoms. The molecule has 1 amide bonds. The zero-order chi connectivity index (χ0) is 12.8. The van der Waals surface area contributed by atoms with E-state index in [-0.39, 0.29) is 5.91 Å². The maximum Gasteiger partial charge on any atom is 0.230 e. The number of aromatic nitrogens is 3. The molecule has 0 bridgehead atoms. The van der Waals surface area contributed by atoms with Gasteiger partial charge < -0.3 is 5.32 Å². The predicted octanol–water partition coefficient (Wildman–Crippen LogP) is 1.38. The van der Waals surface area contributed by atoms with E-state index in [1.165, 1.54) is 11.8 Å². The Balaban J connectivity index is 2.04. The molecule has 2 heterocycles. The lowest BCUT2D eigenvalue weighted by Gasteiger charge is -2.01. The van der Waals surface area contributed by atoms with Gasteiger partial charge in [0, 0.05) is 25.0 Å². The van der Waals surface area contributed by atoms with Gasteiger partial charge in [-0.3, -0.25) is 9.78 Å². The lowest BCUT2D eigenvalue weighted by atomic mass is 10.2. The summed E-state index contributed by atoms with van der Waals surface area (Å²) in [7, 11) is 1.61. The summed E-state index contributed by atoms with van der Waals surface area (Å²) in [5, 5.41) is 11.5. The number of hydrogen-bond acceptors (Lipinski definition) is 5. The summed E-state index contributed by atoms with van der Waals surface area (Å²) in [6, 6.07) is 7.49. The fraction of sp³-hybridized carbons (Fsp3) is 0.167. The van der Waals surface area contributed by atoms with Crippen molar-refractivity contribution < 1.29 is 4.79 Å². The van der Waals surface area contributed by atoms with Gasteiger partial charge in [0.15, 0.2) is 0 Å².